The summed E-state index contributed by atoms with van der Waals surface area (Å²) in [4.78, 5) is 34.6. The molecule has 0 atom stereocenters. The SMILES string of the molecule is Cc1ccc(NC(=O)c2cc(F)cc(N3CCOCC3)c2)cc1Nc1ncnn2cc(C(=O)N3CCOCC3)c(C)c12. The van der Waals surface area contributed by atoms with Gasteiger partial charge in [-0.15, -0.1) is 0 Å². The number of carbonyl (C=O) groups is 2. The molecule has 2 aromatic carbocycles. The van der Waals surface area contributed by atoms with E-state index in [1.807, 2.05) is 24.8 Å². The topological polar surface area (TPSA) is 113 Å². The molecule has 218 valence electrons. The lowest BCUT2D eigenvalue weighted by molar-refractivity contribution is 0.0302. The van der Waals surface area contributed by atoms with E-state index in [1.54, 1.807) is 33.8 Å². The van der Waals surface area contributed by atoms with Crippen LogP contribution in [0.5, 0.6) is 0 Å². The van der Waals surface area contributed by atoms with E-state index < -0.39 is 11.7 Å². The van der Waals surface area contributed by atoms with E-state index in [4.69, 9.17) is 9.47 Å². The van der Waals surface area contributed by atoms with Gasteiger partial charge in [0.1, 0.15) is 17.7 Å². The average Bonchev–Trinajstić information content (AvgIpc) is 3.36. The molecule has 2 aliphatic heterocycles. The molecule has 2 aromatic heterocycles. The number of aromatic nitrogens is 3. The lowest BCUT2D eigenvalue weighted by Crippen LogP contribution is -2.40. The molecule has 4 heterocycles. The predicted molar refractivity (Wildman–Crippen MR) is 156 cm³/mol. The van der Waals surface area contributed by atoms with Gasteiger partial charge in [0.2, 0.25) is 0 Å². The van der Waals surface area contributed by atoms with Crippen molar-refractivity contribution in [1.29, 1.82) is 0 Å². The molecule has 6 rings (SSSR count). The molecular formula is C30H32FN7O4. The van der Waals surface area contributed by atoms with E-state index in [2.05, 4.69) is 20.7 Å². The fraction of sp³-hybridized carbons (Fsp3) is 0.333. The summed E-state index contributed by atoms with van der Waals surface area (Å²) in [6, 6.07) is 9.82. The van der Waals surface area contributed by atoms with E-state index in [-0.39, 0.29) is 11.5 Å². The third-order valence-corrected chi connectivity index (χ3v) is 7.63. The Labute approximate surface area is 242 Å². The lowest BCUT2D eigenvalue weighted by Gasteiger charge is -2.29. The van der Waals surface area contributed by atoms with Gasteiger partial charge in [-0.1, -0.05) is 6.07 Å². The maximum absolute atomic E-state index is 14.5. The van der Waals surface area contributed by atoms with Gasteiger partial charge in [-0.05, 0) is 55.3 Å². The smallest absolute Gasteiger partial charge is 0.255 e. The third-order valence-electron chi connectivity index (χ3n) is 7.63. The Bertz CT molecular complexity index is 1640. The van der Waals surface area contributed by atoms with E-state index in [1.165, 1.54) is 18.5 Å². The molecule has 2 aliphatic rings. The van der Waals surface area contributed by atoms with Gasteiger partial charge in [0.05, 0.1) is 32.0 Å². The van der Waals surface area contributed by atoms with Crippen LogP contribution in [0.15, 0.2) is 48.9 Å². The van der Waals surface area contributed by atoms with Crippen molar-refractivity contribution in [3.63, 3.8) is 0 Å². The van der Waals surface area contributed by atoms with Crippen molar-refractivity contribution >= 4 is 40.2 Å². The summed E-state index contributed by atoms with van der Waals surface area (Å²) in [5, 5.41) is 10.6. The van der Waals surface area contributed by atoms with Gasteiger partial charge in [0.15, 0.2) is 5.82 Å². The predicted octanol–water partition coefficient (Wildman–Crippen LogP) is 3.79. The van der Waals surface area contributed by atoms with Crippen LogP contribution in [-0.4, -0.2) is 83.9 Å². The van der Waals surface area contributed by atoms with Crippen LogP contribution < -0.4 is 15.5 Å². The second-order valence-corrected chi connectivity index (χ2v) is 10.4. The average molecular weight is 574 g/mol. The highest BCUT2D eigenvalue weighted by atomic mass is 19.1. The molecule has 0 spiro atoms. The molecule has 2 saturated heterocycles. The van der Waals surface area contributed by atoms with Crippen LogP contribution in [0.3, 0.4) is 0 Å². The summed E-state index contributed by atoms with van der Waals surface area (Å²) in [6.07, 6.45) is 3.15. The van der Waals surface area contributed by atoms with Crippen molar-refractivity contribution in [2.45, 2.75) is 13.8 Å². The quantitative estimate of drug-likeness (QED) is 0.358. The summed E-state index contributed by atoms with van der Waals surface area (Å²) in [6.45, 7) is 8.34. The van der Waals surface area contributed by atoms with Crippen LogP contribution in [-0.2, 0) is 9.47 Å². The van der Waals surface area contributed by atoms with Gasteiger partial charge >= 0.3 is 0 Å². The fourth-order valence-electron chi connectivity index (χ4n) is 5.28. The molecule has 0 aliphatic carbocycles. The molecule has 0 saturated carbocycles. The summed E-state index contributed by atoms with van der Waals surface area (Å²) < 4.78 is 26.9. The van der Waals surface area contributed by atoms with E-state index in [9.17, 15) is 14.0 Å². The number of rotatable bonds is 6. The first kappa shape index (κ1) is 27.6. The van der Waals surface area contributed by atoms with Crippen LogP contribution in [0, 0.1) is 19.7 Å². The van der Waals surface area contributed by atoms with E-state index in [0.29, 0.717) is 86.6 Å². The number of morpholine rings is 2. The number of carbonyl (C=O) groups excluding carboxylic acids is 2. The Kier molecular flexibility index (Phi) is 7.72. The molecular weight excluding hydrogens is 541 g/mol. The number of fused-ring (bicyclic) bond motifs is 1. The van der Waals surface area contributed by atoms with Crippen molar-refractivity contribution in [3.05, 3.63) is 77.0 Å². The molecule has 2 N–H and O–H groups in total. The minimum atomic E-state index is -0.475. The van der Waals surface area contributed by atoms with Crippen LogP contribution >= 0.6 is 0 Å². The standard InChI is InChI=1S/C30H32FN7O4/c1-19-3-4-23(34-29(39)21-13-22(31)15-24(14-21)36-5-9-41-10-6-36)16-26(19)35-28-27-20(2)25(17-38(27)33-18-32-28)30(40)37-7-11-42-12-8-37/h3-4,13-18H,5-12H2,1-2H3,(H,34,39)(H,32,33,35). The molecule has 12 heteroatoms. The number of nitrogens with one attached hydrogen (secondary N) is 2. The van der Waals surface area contributed by atoms with Crippen LogP contribution in [0.4, 0.5) is 27.3 Å². The van der Waals surface area contributed by atoms with Gasteiger partial charge in [-0.25, -0.2) is 13.9 Å². The molecule has 2 amide bonds. The number of anilines is 4. The molecule has 4 aromatic rings. The molecule has 11 nitrogen and oxygen atoms in total. The van der Waals surface area contributed by atoms with Gasteiger partial charge in [0.25, 0.3) is 11.8 Å². The first-order valence-electron chi connectivity index (χ1n) is 13.9. The number of aryl methyl sites for hydroxylation is 2. The van der Waals surface area contributed by atoms with Crippen LogP contribution in [0.1, 0.15) is 31.8 Å². The molecule has 0 radical (unpaired) electrons. The van der Waals surface area contributed by atoms with Crippen molar-refractivity contribution < 1.29 is 23.5 Å². The third kappa shape index (κ3) is 5.63. The summed E-state index contributed by atoms with van der Waals surface area (Å²) in [5.74, 6) is -0.438. The van der Waals surface area contributed by atoms with E-state index >= 15 is 0 Å². The number of amides is 2. The monoisotopic (exact) mass is 573 g/mol. The minimum Gasteiger partial charge on any atom is -0.378 e. The van der Waals surface area contributed by atoms with Crippen LogP contribution in [0.25, 0.3) is 5.52 Å². The number of halogens is 1. The summed E-state index contributed by atoms with van der Waals surface area (Å²) >= 11 is 0. The highest BCUT2D eigenvalue weighted by molar-refractivity contribution is 6.05. The van der Waals surface area contributed by atoms with Gasteiger partial charge in [-0.2, -0.15) is 5.10 Å². The Hall–Kier alpha value is -4.55. The first-order chi connectivity index (χ1) is 20.4. The molecule has 42 heavy (non-hydrogen) atoms. The van der Waals surface area contributed by atoms with Crippen molar-refractivity contribution in [2.75, 3.05) is 68.1 Å². The highest BCUT2D eigenvalue weighted by Crippen LogP contribution is 2.29. The maximum Gasteiger partial charge on any atom is 0.255 e. The molecule has 0 unspecified atom stereocenters. The summed E-state index contributed by atoms with van der Waals surface area (Å²) in [5.41, 5.74) is 5.04. The Morgan fingerprint density at radius 1 is 0.952 bits per heavy atom. The van der Waals surface area contributed by atoms with Gasteiger partial charge in [0, 0.05) is 55.0 Å². The lowest BCUT2D eigenvalue weighted by atomic mass is 10.1. The zero-order valence-corrected chi connectivity index (χ0v) is 23.5. The zero-order valence-electron chi connectivity index (χ0n) is 23.5. The maximum atomic E-state index is 14.5. The fourth-order valence-corrected chi connectivity index (χ4v) is 5.28. The van der Waals surface area contributed by atoms with Crippen molar-refractivity contribution in [3.8, 4) is 0 Å². The zero-order chi connectivity index (χ0) is 29.2. The first-order valence-corrected chi connectivity index (χ1v) is 13.9. The number of hydrogen-bond acceptors (Lipinski definition) is 8. The Morgan fingerprint density at radius 3 is 2.45 bits per heavy atom. The normalized spacial score (nSPS) is 15.6. The molecule has 2 fully saturated rings. The number of benzene rings is 2. The largest absolute Gasteiger partial charge is 0.378 e. The Morgan fingerprint density at radius 2 is 1.69 bits per heavy atom. The second kappa shape index (κ2) is 11.7. The van der Waals surface area contributed by atoms with Crippen molar-refractivity contribution in [2.24, 2.45) is 0 Å². The second-order valence-electron chi connectivity index (χ2n) is 10.4. The molecule has 0 bridgehead atoms. The summed E-state index contributed by atoms with van der Waals surface area (Å²) in [7, 11) is 0. The highest BCUT2D eigenvalue weighted by Gasteiger charge is 2.24. The van der Waals surface area contributed by atoms with E-state index in [0.717, 1.165) is 11.1 Å². The number of ether oxygens (including phenoxy) is 2. The Balaban J connectivity index is 1.24. The number of nitrogens with zero attached hydrogens (tertiary/aromatic N) is 5. The van der Waals surface area contributed by atoms with Crippen LogP contribution in [0.2, 0.25) is 0 Å². The van der Waals surface area contributed by atoms with Gasteiger partial charge in [-0.3, -0.25) is 9.59 Å². The number of hydrogen-bond donors (Lipinski definition) is 2. The van der Waals surface area contributed by atoms with Gasteiger partial charge < -0.3 is 29.9 Å². The van der Waals surface area contributed by atoms with Crippen molar-refractivity contribution in [1.82, 2.24) is 19.5 Å². The minimum absolute atomic E-state index is 0.0673.